The van der Waals surface area contributed by atoms with Gasteiger partial charge >= 0.3 is 0 Å². The monoisotopic (exact) mass is 381 g/mol. The number of nitrogens with one attached hydrogen (secondary N) is 1. The van der Waals surface area contributed by atoms with Crippen LogP contribution >= 0.6 is 11.3 Å². The molecule has 6 nitrogen and oxygen atoms in total. The van der Waals surface area contributed by atoms with E-state index in [1.54, 1.807) is 17.5 Å². The summed E-state index contributed by atoms with van der Waals surface area (Å²) in [6.07, 6.45) is 4.30. The number of ether oxygens (including phenoxy) is 1. The van der Waals surface area contributed by atoms with Crippen LogP contribution in [0.2, 0.25) is 0 Å². The molecule has 1 atom stereocenters. The van der Waals surface area contributed by atoms with Gasteiger partial charge in [-0.2, -0.15) is 0 Å². The molecule has 0 saturated carbocycles. The average Bonchev–Trinajstić information content (AvgIpc) is 3.29. The minimum absolute atomic E-state index is 0.0732. The summed E-state index contributed by atoms with van der Waals surface area (Å²) in [7, 11) is -3.29. The molecule has 2 aromatic rings. The van der Waals surface area contributed by atoms with E-state index in [2.05, 4.69) is 14.6 Å². The minimum atomic E-state index is -3.29. The molecule has 1 saturated heterocycles. The summed E-state index contributed by atoms with van der Waals surface area (Å²) >= 11 is 1.59. The van der Waals surface area contributed by atoms with E-state index >= 15 is 0 Å². The Labute approximate surface area is 152 Å². The highest BCUT2D eigenvalue weighted by molar-refractivity contribution is 7.89. The minimum Gasteiger partial charge on any atom is -0.494 e. The first-order valence-electron chi connectivity index (χ1n) is 8.45. The maximum Gasteiger partial charge on any atom is 0.211 e. The Morgan fingerprint density at radius 2 is 2.16 bits per heavy atom. The van der Waals surface area contributed by atoms with E-state index < -0.39 is 10.0 Å². The molecule has 0 spiro atoms. The molecule has 1 aromatic carbocycles. The van der Waals surface area contributed by atoms with Crippen LogP contribution in [0.15, 0.2) is 41.9 Å². The number of benzene rings is 1. The highest BCUT2D eigenvalue weighted by Crippen LogP contribution is 2.26. The zero-order chi connectivity index (χ0) is 17.5. The lowest BCUT2D eigenvalue weighted by molar-refractivity contribution is 0.317. The highest BCUT2D eigenvalue weighted by Gasteiger charge is 2.27. The fourth-order valence-electron chi connectivity index (χ4n) is 2.91. The summed E-state index contributed by atoms with van der Waals surface area (Å²) in [5, 5.41) is 2.92. The van der Waals surface area contributed by atoms with Crippen molar-refractivity contribution in [1.29, 1.82) is 0 Å². The number of sulfonamides is 1. The molecule has 1 N–H and O–H groups in total. The molecule has 1 aliphatic heterocycles. The van der Waals surface area contributed by atoms with Crippen molar-refractivity contribution in [2.75, 3.05) is 30.3 Å². The van der Waals surface area contributed by atoms with Crippen molar-refractivity contribution in [2.24, 2.45) is 0 Å². The number of hydrogen-bond donors (Lipinski definition) is 1. The van der Waals surface area contributed by atoms with Crippen molar-refractivity contribution in [2.45, 2.75) is 25.3 Å². The van der Waals surface area contributed by atoms with E-state index in [4.69, 9.17) is 4.74 Å². The van der Waals surface area contributed by atoms with E-state index in [1.807, 2.05) is 35.7 Å². The van der Waals surface area contributed by atoms with Gasteiger partial charge in [-0.3, -0.25) is 0 Å². The van der Waals surface area contributed by atoms with Gasteiger partial charge in [0, 0.05) is 30.7 Å². The molecule has 1 aliphatic rings. The summed E-state index contributed by atoms with van der Waals surface area (Å²) in [4.78, 5) is 6.53. The first kappa shape index (κ1) is 18.2. The van der Waals surface area contributed by atoms with Crippen LogP contribution in [0.25, 0.3) is 0 Å². The van der Waals surface area contributed by atoms with Crippen LogP contribution in [0.4, 0.5) is 5.13 Å². The third kappa shape index (κ3) is 5.42. The molecule has 2 heterocycles. The lowest BCUT2D eigenvalue weighted by Gasteiger charge is -2.24. The summed E-state index contributed by atoms with van der Waals surface area (Å²) in [6, 6.07) is 9.60. The second kappa shape index (κ2) is 8.64. The highest BCUT2D eigenvalue weighted by atomic mass is 32.2. The molecule has 0 aliphatic carbocycles. The summed E-state index contributed by atoms with van der Waals surface area (Å²) in [5.74, 6) is 0.835. The standard InChI is InChI=1S/C17H23N3O3S2/c21-25(22,13-5-11-23-16-7-2-1-3-8-16)19-14-15-6-4-10-20(15)17-18-9-12-24-17/h1-3,7-9,12,15,19H,4-6,10-11,13-14H2. The fourth-order valence-corrected chi connectivity index (χ4v) is 4.74. The fraction of sp³-hybridized carbons (Fsp3) is 0.471. The Kier molecular flexibility index (Phi) is 6.28. The molecule has 1 aromatic heterocycles. The van der Waals surface area contributed by atoms with E-state index in [9.17, 15) is 8.42 Å². The van der Waals surface area contributed by atoms with Crippen LogP contribution < -0.4 is 14.4 Å². The predicted molar refractivity (Wildman–Crippen MR) is 101 cm³/mol. The molecule has 0 radical (unpaired) electrons. The van der Waals surface area contributed by atoms with Gasteiger partial charge in [0.05, 0.1) is 12.4 Å². The molecule has 136 valence electrons. The third-order valence-corrected chi connectivity index (χ3v) is 6.39. The quantitative estimate of drug-likeness (QED) is 0.676. The van der Waals surface area contributed by atoms with Crippen molar-refractivity contribution >= 4 is 26.5 Å². The van der Waals surface area contributed by atoms with E-state index in [-0.39, 0.29) is 11.8 Å². The van der Waals surface area contributed by atoms with Crippen LogP contribution in [0.5, 0.6) is 5.75 Å². The van der Waals surface area contributed by atoms with Gasteiger partial charge < -0.3 is 9.64 Å². The SMILES string of the molecule is O=S(=O)(CCCOc1ccccc1)NCC1CCCN1c1nccs1. The van der Waals surface area contributed by atoms with Crippen LogP contribution in [0.1, 0.15) is 19.3 Å². The third-order valence-electron chi connectivity index (χ3n) is 4.15. The van der Waals surface area contributed by atoms with E-state index in [0.717, 1.165) is 30.3 Å². The average molecular weight is 382 g/mol. The van der Waals surface area contributed by atoms with Crippen LogP contribution in [-0.4, -0.2) is 44.9 Å². The second-order valence-electron chi connectivity index (χ2n) is 5.99. The van der Waals surface area contributed by atoms with Gasteiger partial charge in [-0.15, -0.1) is 11.3 Å². The zero-order valence-electron chi connectivity index (χ0n) is 14.0. The van der Waals surface area contributed by atoms with Crippen molar-refractivity contribution in [3.63, 3.8) is 0 Å². The number of aromatic nitrogens is 1. The molecule has 1 fully saturated rings. The normalized spacial score (nSPS) is 17.8. The topological polar surface area (TPSA) is 71.5 Å². The van der Waals surface area contributed by atoms with Gasteiger partial charge in [-0.25, -0.2) is 18.1 Å². The maximum atomic E-state index is 12.2. The maximum absolute atomic E-state index is 12.2. The Morgan fingerprint density at radius 1 is 1.32 bits per heavy atom. The van der Waals surface area contributed by atoms with Crippen molar-refractivity contribution < 1.29 is 13.2 Å². The van der Waals surface area contributed by atoms with Gasteiger partial charge in [-0.05, 0) is 31.4 Å². The number of anilines is 1. The predicted octanol–water partition coefficient (Wildman–Crippen LogP) is 2.50. The Balaban J connectivity index is 1.41. The van der Waals surface area contributed by atoms with Gasteiger partial charge in [-0.1, -0.05) is 18.2 Å². The lowest BCUT2D eigenvalue weighted by atomic mass is 10.2. The summed E-state index contributed by atoms with van der Waals surface area (Å²) < 4.78 is 32.7. The van der Waals surface area contributed by atoms with E-state index in [0.29, 0.717) is 19.6 Å². The van der Waals surface area contributed by atoms with Gasteiger partial charge in [0.25, 0.3) is 0 Å². The van der Waals surface area contributed by atoms with Gasteiger partial charge in [0.2, 0.25) is 10.0 Å². The Hall–Kier alpha value is -1.64. The van der Waals surface area contributed by atoms with Crippen LogP contribution in [0, 0.1) is 0 Å². The number of para-hydroxylation sites is 1. The Bertz CT molecular complexity index is 736. The van der Waals surface area contributed by atoms with Crippen molar-refractivity contribution in [3.8, 4) is 5.75 Å². The summed E-state index contributed by atoms with van der Waals surface area (Å²) in [6.45, 7) is 1.76. The number of nitrogens with zero attached hydrogens (tertiary/aromatic N) is 2. The smallest absolute Gasteiger partial charge is 0.211 e. The molecule has 0 bridgehead atoms. The zero-order valence-corrected chi connectivity index (χ0v) is 15.6. The molecular formula is C17H23N3O3S2. The first-order chi connectivity index (χ1) is 12.1. The molecular weight excluding hydrogens is 358 g/mol. The molecule has 3 rings (SSSR count). The van der Waals surface area contributed by atoms with Crippen LogP contribution in [-0.2, 0) is 10.0 Å². The Morgan fingerprint density at radius 3 is 2.92 bits per heavy atom. The second-order valence-corrected chi connectivity index (χ2v) is 8.79. The number of hydrogen-bond acceptors (Lipinski definition) is 6. The lowest BCUT2D eigenvalue weighted by Crippen LogP contribution is -2.41. The van der Waals surface area contributed by atoms with Crippen LogP contribution in [0.3, 0.4) is 0 Å². The number of rotatable bonds is 9. The van der Waals surface area contributed by atoms with E-state index in [1.165, 1.54) is 0 Å². The molecule has 0 amide bonds. The van der Waals surface area contributed by atoms with Crippen molar-refractivity contribution in [3.05, 3.63) is 41.9 Å². The number of thiazole rings is 1. The largest absolute Gasteiger partial charge is 0.494 e. The van der Waals surface area contributed by atoms with Crippen molar-refractivity contribution in [1.82, 2.24) is 9.71 Å². The first-order valence-corrected chi connectivity index (χ1v) is 11.0. The molecule has 8 heteroatoms. The molecule has 1 unspecified atom stereocenters. The van der Waals surface area contributed by atoms with Gasteiger partial charge in [0.1, 0.15) is 5.75 Å². The summed E-state index contributed by atoms with van der Waals surface area (Å²) in [5.41, 5.74) is 0. The van der Waals surface area contributed by atoms with Gasteiger partial charge in [0.15, 0.2) is 5.13 Å². The molecule has 25 heavy (non-hydrogen) atoms.